The van der Waals surface area contributed by atoms with Crippen LogP contribution in [0, 0.1) is 9.39 Å². The van der Waals surface area contributed by atoms with Crippen molar-refractivity contribution in [3.8, 4) is 0 Å². The topological polar surface area (TPSA) is 75.9 Å². The van der Waals surface area contributed by atoms with E-state index in [1.54, 1.807) is 12.1 Å². The van der Waals surface area contributed by atoms with Gasteiger partial charge in [0, 0.05) is 16.2 Å². The van der Waals surface area contributed by atoms with E-state index >= 15 is 0 Å². The SMILES string of the molecule is CCNc1cc(Nc2ccc(F)cc2I)nc(N)n1. The first-order valence-corrected chi connectivity index (χ1v) is 6.77. The molecule has 7 heteroatoms. The van der Waals surface area contributed by atoms with Gasteiger partial charge in [-0.1, -0.05) is 0 Å². The summed E-state index contributed by atoms with van der Waals surface area (Å²) in [4.78, 5) is 8.15. The number of nitrogens with one attached hydrogen (secondary N) is 2. The van der Waals surface area contributed by atoms with Crippen molar-refractivity contribution in [1.29, 1.82) is 0 Å². The van der Waals surface area contributed by atoms with E-state index in [2.05, 4.69) is 43.2 Å². The fourth-order valence-electron chi connectivity index (χ4n) is 1.53. The van der Waals surface area contributed by atoms with Crippen LogP contribution >= 0.6 is 22.6 Å². The summed E-state index contributed by atoms with van der Waals surface area (Å²) < 4.78 is 13.8. The van der Waals surface area contributed by atoms with E-state index in [1.165, 1.54) is 12.1 Å². The van der Waals surface area contributed by atoms with E-state index in [9.17, 15) is 4.39 Å². The second-order valence-corrected chi connectivity index (χ2v) is 4.94. The molecule has 1 heterocycles. The third kappa shape index (κ3) is 3.66. The summed E-state index contributed by atoms with van der Waals surface area (Å²) in [5.74, 6) is 1.12. The fourth-order valence-corrected chi connectivity index (χ4v) is 2.14. The van der Waals surface area contributed by atoms with E-state index in [-0.39, 0.29) is 11.8 Å². The van der Waals surface area contributed by atoms with Gasteiger partial charge in [0.15, 0.2) is 0 Å². The van der Waals surface area contributed by atoms with Gasteiger partial charge in [-0.15, -0.1) is 0 Å². The molecule has 0 aliphatic rings. The zero-order chi connectivity index (χ0) is 13.8. The van der Waals surface area contributed by atoms with Crippen molar-refractivity contribution in [2.75, 3.05) is 22.9 Å². The second-order valence-electron chi connectivity index (χ2n) is 3.78. The van der Waals surface area contributed by atoms with Gasteiger partial charge in [0.05, 0.1) is 5.69 Å². The Hall–Kier alpha value is -1.64. The van der Waals surface area contributed by atoms with Crippen LogP contribution in [-0.2, 0) is 0 Å². The average Bonchev–Trinajstić information content (AvgIpc) is 2.32. The number of nitrogens with two attached hydrogens (primary N) is 1. The number of rotatable bonds is 4. The highest BCUT2D eigenvalue weighted by molar-refractivity contribution is 14.1. The molecule has 0 saturated heterocycles. The van der Waals surface area contributed by atoms with Crippen molar-refractivity contribution in [3.63, 3.8) is 0 Å². The first-order valence-electron chi connectivity index (χ1n) is 5.69. The Bertz CT molecular complexity index is 590. The van der Waals surface area contributed by atoms with Crippen LogP contribution in [0.4, 0.5) is 27.7 Å². The molecule has 0 bridgehead atoms. The van der Waals surface area contributed by atoms with Crippen LogP contribution < -0.4 is 16.4 Å². The number of nitrogens with zero attached hydrogens (tertiary/aromatic N) is 2. The van der Waals surface area contributed by atoms with Crippen LogP contribution in [0.2, 0.25) is 0 Å². The minimum Gasteiger partial charge on any atom is -0.370 e. The molecule has 1 aromatic carbocycles. The smallest absolute Gasteiger partial charge is 0.223 e. The number of nitrogen functional groups attached to an aromatic ring is 1. The number of hydrogen-bond donors (Lipinski definition) is 3. The molecule has 5 nitrogen and oxygen atoms in total. The van der Waals surface area contributed by atoms with Crippen molar-refractivity contribution in [2.45, 2.75) is 6.92 Å². The molecule has 0 amide bonds. The third-order valence-electron chi connectivity index (χ3n) is 2.30. The summed E-state index contributed by atoms with van der Waals surface area (Å²) in [5.41, 5.74) is 6.41. The van der Waals surface area contributed by atoms with Crippen molar-refractivity contribution >= 4 is 45.9 Å². The molecular formula is C12H13FIN5. The van der Waals surface area contributed by atoms with Gasteiger partial charge in [-0.25, -0.2) is 4.39 Å². The number of anilines is 4. The molecule has 2 aromatic rings. The van der Waals surface area contributed by atoms with Crippen LogP contribution in [0.1, 0.15) is 6.92 Å². The average molecular weight is 373 g/mol. The minimum absolute atomic E-state index is 0.179. The van der Waals surface area contributed by atoms with Gasteiger partial charge in [0.2, 0.25) is 5.95 Å². The quantitative estimate of drug-likeness (QED) is 0.719. The molecule has 4 N–H and O–H groups in total. The van der Waals surface area contributed by atoms with Crippen LogP contribution in [0.5, 0.6) is 0 Å². The molecule has 1 aromatic heterocycles. The molecule has 0 radical (unpaired) electrons. The Morgan fingerprint density at radius 2 is 2.00 bits per heavy atom. The number of halogens is 2. The lowest BCUT2D eigenvalue weighted by atomic mass is 10.3. The maximum absolute atomic E-state index is 13.0. The molecule has 2 rings (SSSR count). The molecule has 0 spiro atoms. The predicted octanol–water partition coefficient (Wildman–Crippen LogP) is 2.98. The van der Waals surface area contributed by atoms with Gasteiger partial charge in [-0.2, -0.15) is 9.97 Å². The normalized spacial score (nSPS) is 10.3. The molecule has 100 valence electrons. The maximum Gasteiger partial charge on any atom is 0.223 e. The number of hydrogen-bond acceptors (Lipinski definition) is 5. The van der Waals surface area contributed by atoms with Gasteiger partial charge in [-0.05, 0) is 47.7 Å². The summed E-state index contributed by atoms with van der Waals surface area (Å²) in [6.45, 7) is 2.71. The van der Waals surface area contributed by atoms with Gasteiger partial charge in [-0.3, -0.25) is 0 Å². The Morgan fingerprint density at radius 1 is 1.26 bits per heavy atom. The monoisotopic (exact) mass is 373 g/mol. The van der Waals surface area contributed by atoms with E-state index in [4.69, 9.17) is 5.73 Å². The number of aromatic nitrogens is 2. The first kappa shape index (κ1) is 13.8. The zero-order valence-corrected chi connectivity index (χ0v) is 12.4. The lowest BCUT2D eigenvalue weighted by molar-refractivity contribution is 0.627. The Kier molecular flexibility index (Phi) is 4.35. The van der Waals surface area contributed by atoms with Gasteiger partial charge >= 0.3 is 0 Å². The summed E-state index contributed by atoms with van der Waals surface area (Å²) in [7, 11) is 0. The Balaban J connectivity index is 2.27. The number of benzene rings is 1. The minimum atomic E-state index is -0.273. The lowest BCUT2D eigenvalue weighted by Crippen LogP contribution is -2.06. The highest BCUT2D eigenvalue weighted by Crippen LogP contribution is 2.23. The predicted molar refractivity (Wildman–Crippen MR) is 83.0 cm³/mol. The Labute approximate surface area is 124 Å². The van der Waals surface area contributed by atoms with E-state index in [0.29, 0.717) is 11.6 Å². The second kappa shape index (κ2) is 6.00. The van der Waals surface area contributed by atoms with Crippen LogP contribution in [0.3, 0.4) is 0 Å². The third-order valence-corrected chi connectivity index (χ3v) is 3.19. The maximum atomic E-state index is 13.0. The molecule has 0 unspecified atom stereocenters. The molecule has 0 atom stereocenters. The van der Waals surface area contributed by atoms with Gasteiger partial charge in [0.25, 0.3) is 0 Å². The summed E-state index contributed by atoms with van der Waals surface area (Å²) >= 11 is 2.05. The van der Waals surface area contributed by atoms with Crippen LogP contribution in [0.25, 0.3) is 0 Å². The molecule has 0 saturated carbocycles. The molecular weight excluding hydrogens is 360 g/mol. The summed E-state index contributed by atoms with van der Waals surface area (Å²) in [6.07, 6.45) is 0. The lowest BCUT2D eigenvalue weighted by Gasteiger charge is -2.10. The summed E-state index contributed by atoms with van der Waals surface area (Å²) in [5, 5.41) is 6.16. The van der Waals surface area contributed by atoms with E-state index in [1.807, 2.05) is 6.92 Å². The van der Waals surface area contributed by atoms with Crippen molar-refractivity contribution < 1.29 is 4.39 Å². The first-order chi connectivity index (χ1) is 9.08. The van der Waals surface area contributed by atoms with E-state index < -0.39 is 0 Å². The van der Waals surface area contributed by atoms with Crippen molar-refractivity contribution in [3.05, 3.63) is 33.7 Å². The highest BCUT2D eigenvalue weighted by atomic mass is 127. The molecule has 19 heavy (non-hydrogen) atoms. The molecule has 0 aliphatic heterocycles. The standard InChI is InChI=1S/C12H13FIN5/c1-2-16-10-6-11(19-12(15)18-10)17-9-4-3-7(13)5-8(9)14/h3-6H,2H2,1H3,(H4,15,16,17,18,19). The molecule has 0 aliphatic carbocycles. The summed E-state index contributed by atoms with van der Waals surface area (Å²) in [6, 6.07) is 6.24. The van der Waals surface area contributed by atoms with Crippen molar-refractivity contribution in [1.82, 2.24) is 9.97 Å². The molecule has 0 fully saturated rings. The highest BCUT2D eigenvalue weighted by Gasteiger charge is 2.05. The van der Waals surface area contributed by atoms with Gasteiger partial charge < -0.3 is 16.4 Å². The van der Waals surface area contributed by atoms with Crippen LogP contribution in [-0.4, -0.2) is 16.5 Å². The van der Waals surface area contributed by atoms with Gasteiger partial charge in [0.1, 0.15) is 17.5 Å². The largest absolute Gasteiger partial charge is 0.370 e. The fraction of sp³-hybridized carbons (Fsp3) is 0.167. The zero-order valence-electron chi connectivity index (χ0n) is 10.2. The van der Waals surface area contributed by atoms with Crippen LogP contribution in [0.15, 0.2) is 24.3 Å². The van der Waals surface area contributed by atoms with Crippen molar-refractivity contribution in [2.24, 2.45) is 0 Å². The Morgan fingerprint density at radius 3 is 2.68 bits per heavy atom. The van der Waals surface area contributed by atoms with E-state index in [0.717, 1.165) is 15.8 Å².